The van der Waals surface area contributed by atoms with Crippen molar-refractivity contribution in [1.29, 1.82) is 0 Å². The number of H-pyrrole nitrogens is 2. The molecular weight excluding hydrogens is 220 g/mol. The van der Waals surface area contributed by atoms with Gasteiger partial charge in [-0.2, -0.15) is 10.2 Å². The summed E-state index contributed by atoms with van der Waals surface area (Å²) in [6.45, 7) is 4.03. The van der Waals surface area contributed by atoms with Crippen LogP contribution in [0.2, 0.25) is 0 Å². The van der Waals surface area contributed by atoms with Crippen LogP contribution in [0.3, 0.4) is 0 Å². The number of aryl methyl sites for hydroxylation is 2. The number of aromatic nitrogens is 5. The molecule has 2 aromatic rings. The fraction of sp³-hybridized carbons (Fsp3) is 0.400. The summed E-state index contributed by atoms with van der Waals surface area (Å²) in [5.41, 5.74) is 2.10. The number of aromatic amines is 2. The molecule has 2 rings (SSSR count). The molecule has 90 valence electrons. The zero-order valence-electron chi connectivity index (χ0n) is 9.98. The van der Waals surface area contributed by atoms with Gasteiger partial charge in [-0.3, -0.25) is 15.0 Å². The minimum atomic E-state index is -0.0786. The van der Waals surface area contributed by atoms with Crippen molar-refractivity contribution in [3.63, 3.8) is 0 Å². The quantitative estimate of drug-likeness (QED) is 0.805. The SMILES string of the molecule is Cc1n[nH]c(C)c1C(=O)N(C)Cc1ncn[nH]1. The maximum atomic E-state index is 12.2. The van der Waals surface area contributed by atoms with E-state index < -0.39 is 0 Å². The first-order chi connectivity index (χ1) is 8.09. The van der Waals surface area contributed by atoms with Crippen LogP contribution in [0.4, 0.5) is 0 Å². The number of nitrogens with zero attached hydrogens (tertiary/aromatic N) is 4. The molecule has 0 radical (unpaired) electrons. The van der Waals surface area contributed by atoms with Crippen LogP contribution in [-0.4, -0.2) is 43.2 Å². The van der Waals surface area contributed by atoms with Crippen molar-refractivity contribution in [3.05, 3.63) is 29.1 Å². The minimum absolute atomic E-state index is 0.0786. The van der Waals surface area contributed by atoms with Crippen molar-refractivity contribution in [2.75, 3.05) is 7.05 Å². The highest BCUT2D eigenvalue weighted by Crippen LogP contribution is 2.12. The van der Waals surface area contributed by atoms with Crippen molar-refractivity contribution in [3.8, 4) is 0 Å². The molecule has 0 aliphatic heterocycles. The summed E-state index contributed by atoms with van der Waals surface area (Å²) < 4.78 is 0. The van der Waals surface area contributed by atoms with Crippen LogP contribution in [0.1, 0.15) is 27.6 Å². The average molecular weight is 234 g/mol. The number of rotatable bonds is 3. The first kappa shape index (κ1) is 11.3. The lowest BCUT2D eigenvalue weighted by Crippen LogP contribution is -2.27. The van der Waals surface area contributed by atoms with Gasteiger partial charge in [0.05, 0.1) is 17.8 Å². The molecule has 0 aliphatic carbocycles. The molecule has 0 saturated carbocycles. The van der Waals surface area contributed by atoms with E-state index in [-0.39, 0.29) is 5.91 Å². The molecule has 0 spiro atoms. The fourth-order valence-corrected chi connectivity index (χ4v) is 1.66. The molecule has 0 unspecified atom stereocenters. The number of amides is 1. The molecule has 2 aromatic heterocycles. The van der Waals surface area contributed by atoms with E-state index in [0.717, 1.165) is 5.69 Å². The lowest BCUT2D eigenvalue weighted by molar-refractivity contribution is 0.0780. The van der Waals surface area contributed by atoms with Crippen LogP contribution in [0.5, 0.6) is 0 Å². The molecule has 2 N–H and O–H groups in total. The molecule has 0 atom stereocenters. The third-order valence-corrected chi connectivity index (χ3v) is 2.54. The molecule has 0 aliphatic rings. The van der Waals surface area contributed by atoms with Crippen molar-refractivity contribution < 1.29 is 4.79 Å². The van der Waals surface area contributed by atoms with E-state index in [0.29, 0.717) is 23.6 Å². The maximum absolute atomic E-state index is 12.2. The van der Waals surface area contributed by atoms with Crippen molar-refractivity contribution in [1.82, 2.24) is 30.3 Å². The van der Waals surface area contributed by atoms with Gasteiger partial charge < -0.3 is 4.90 Å². The number of carbonyl (C=O) groups is 1. The standard InChI is InChI=1S/C10H14N6O/c1-6-9(7(2)14-13-6)10(17)16(3)4-8-11-5-12-15-8/h5H,4H2,1-3H3,(H,13,14)(H,11,12,15). The van der Waals surface area contributed by atoms with Gasteiger partial charge in [-0.05, 0) is 13.8 Å². The number of carbonyl (C=O) groups excluding carboxylic acids is 1. The second kappa shape index (κ2) is 4.36. The van der Waals surface area contributed by atoms with Crippen molar-refractivity contribution in [2.24, 2.45) is 0 Å². The summed E-state index contributed by atoms with van der Waals surface area (Å²) in [5, 5.41) is 13.3. The number of hydrogen-bond donors (Lipinski definition) is 2. The molecule has 0 saturated heterocycles. The monoisotopic (exact) mass is 234 g/mol. The third-order valence-electron chi connectivity index (χ3n) is 2.54. The van der Waals surface area contributed by atoms with Gasteiger partial charge in [-0.25, -0.2) is 4.98 Å². The predicted molar refractivity (Wildman–Crippen MR) is 60.2 cm³/mol. The van der Waals surface area contributed by atoms with E-state index in [1.165, 1.54) is 6.33 Å². The summed E-state index contributed by atoms with van der Waals surface area (Å²) >= 11 is 0. The Balaban J connectivity index is 2.15. The molecule has 0 fully saturated rings. The molecule has 0 aromatic carbocycles. The van der Waals surface area contributed by atoms with Crippen LogP contribution >= 0.6 is 0 Å². The van der Waals surface area contributed by atoms with E-state index in [1.807, 2.05) is 6.92 Å². The Morgan fingerprint density at radius 2 is 2.18 bits per heavy atom. The van der Waals surface area contributed by atoms with E-state index in [1.54, 1.807) is 18.9 Å². The van der Waals surface area contributed by atoms with Crippen LogP contribution in [0.15, 0.2) is 6.33 Å². The summed E-state index contributed by atoms with van der Waals surface area (Å²) in [7, 11) is 1.72. The van der Waals surface area contributed by atoms with Gasteiger partial charge in [0.1, 0.15) is 12.2 Å². The summed E-state index contributed by atoms with van der Waals surface area (Å²) in [6.07, 6.45) is 1.42. The predicted octanol–water partition coefficient (Wildman–Crippen LogP) is 0.417. The second-order valence-electron chi connectivity index (χ2n) is 3.90. The molecule has 2 heterocycles. The molecule has 1 amide bonds. The first-order valence-corrected chi connectivity index (χ1v) is 5.21. The fourth-order valence-electron chi connectivity index (χ4n) is 1.66. The summed E-state index contributed by atoms with van der Waals surface area (Å²) in [6, 6.07) is 0. The Hall–Kier alpha value is -2.18. The Bertz CT molecular complexity index is 495. The van der Waals surface area contributed by atoms with Crippen molar-refractivity contribution >= 4 is 5.91 Å². The smallest absolute Gasteiger partial charge is 0.257 e. The van der Waals surface area contributed by atoms with Gasteiger partial charge in [-0.15, -0.1) is 0 Å². The third kappa shape index (κ3) is 2.17. The summed E-state index contributed by atoms with van der Waals surface area (Å²) in [4.78, 5) is 17.7. The molecule has 0 bridgehead atoms. The van der Waals surface area contributed by atoms with Crippen LogP contribution in [-0.2, 0) is 6.54 Å². The Morgan fingerprint density at radius 1 is 1.41 bits per heavy atom. The van der Waals surface area contributed by atoms with E-state index in [4.69, 9.17) is 0 Å². The molecule has 7 nitrogen and oxygen atoms in total. The van der Waals surface area contributed by atoms with E-state index >= 15 is 0 Å². The van der Waals surface area contributed by atoms with Crippen LogP contribution in [0, 0.1) is 13.8 Å². The zero-order valence-corrected chi connectivity index (χ0v) is 9.98. The highest BCUT2D eigenvalue weighted by Gasteiger charge is 2.19. The van der Waals surface area contributed by atoms with Crippen LogP contribution in [0.25, 0.3) is 0 Å². The Kier molecular flexibility index (Phi) is 2.90. The van der Waals surface area contributed by atoms with E-state index in [2.05, 4.69) is 25.4 Å². The van der Waals surface area contributed by atoms with Gasteiger partial charge in [0.2, 0.25) is 0 Å². The number of nitrogens with one attached hydrogen (secondary N) is 2. The normalized spacial score (nSPS) is 10.5. The first-order valence-electron chi connectivity index (χ1n) is 5.21. The second-order valence-corrected chi connectivity index (χ2v) is 3.90. The van der Waals surface area contributed by atoms with Crippen LogP contribution < -0.4 is 0 Å². The van der Waals surface area contributed by atoms with Gasteiger partial charge >= 0.3 is 0 Å². The topological polar surface area (TPSA) is 90.6 Å². The largest absolute Gasteiger partial charge is 0.334 e. The highest BCUT2D eigenvalue weighted by atomic mass is 16.2. The summed E-state index contributed by atoms with van der Waals surface area (Å²) in [5.74, 6) is 0.574. The lowest BCUT2D eigenvalue weighted by atomic mass is 10.2. The Morgan fingerprint density at radius 3 is 2.71 bits per heavy atom. The Labute approximate surface area is 98.2 Å². The van der Waals surface area contributed by atoms with E-state index in [9.17, 15) is 4.79 Å². The van der Waals surface area contributed by atoms with Gasteiger partial charge in [-0.1, -0.05) is 0 Å². The molecule has 7 heteroatoms. The van der Waals surface area contributed by atoms with Gasteiger partial charge in [0.15, 0.2) is 0 Å². The number of hydrogen-bond acceptors (Lipinski definition) is 4. The lowest BCUT2D eigenvalue weighted by Gasteiger charge is -2.15. The highest BCUT2D eigenvalue weighted by molar-refractivity contribution is 5.96. The molecule has 17 heavy (non-hydrogen) atoms. The van der Waals surface area contributed by atoms with Crippen molar-refractivity contribution in [2.45, 2.75) is 20.4 Å². The maximum Gasteiger partial charge on any atom is 0.257 e. The van der Waals surface area contributed by atoms with Gasteiger partial charge in [0.25, 0.3) is 5.91 Å². The average Bonchev–Trinajstić information content (AvgIpc) is 2.89. The molecular formula is C10H14N6O. The van der Waals surface area contributed by atoms with Gasteiger partial charge in [0, 0.05) is 12.7 Å². The minimum Gasteiger partial charge on any atom is -0.334 e. The zero-order chi connectivity index (χ0) is 12.4.